The fraction of sp³-hybridized carbons (Fsp3) is 0.167. The van der Waals surface area contributed by atoms with Crippen molar-refractivity contribution in [3.63, 3.8) is 0 Å². The average molecular weight is 529 g/mol. The van der Waals surface area contributed by atoms with Gasteiger partial charge in [-0.1, -0.05) is 76.2 Å². The van der Waals surface area contributed by atoms with E-state index in [-0.39, 0.29) is 10.8 Å². The highest BCUT2D eigenvalue weighted by atomic mass is 16.5. The van der Waals surface area contributed by atoms with E-state index in [1.165, 1.54) is 22.3 Å². The van der Waals surface area contributed by atoms with Crippen LogP contribution in [-0.4, -0.2) is 0 Å². The van der Waals surface area contributed by atoms with Gasteiger partial charge < -0.3 is 20.9 Å². The molecule has 4 heteroatoms. The lowest BCUT2D eigenvalue weighted by Crippen LogP contribution is -2.23. The smallest absolute Gasteiger partial charge is 0.127 e. The van der Waals surface area contributed by atoms with E-state index < -0.39 is 0 Å². The molecule has 0 amide bonds. The number of ether oxygens (including phenoxy) is 2. The van der Waals surface area contributed by atoms with Gasteiger partial charge >= 0.3 is 0 Å². The van der Waals surface area contributed by atoms with Gasteiger partial charge in [-0.3, -0.25) is 0 Å². The molecule has 4 nitrogen and oxygen atoms in total. The molecule has 202 valence electrons. The number of anilines is 2. The molecule has 5 aromatic carbocycles. The van der Waals surface area contributed by atoms with Crippen LogP contribution >= 0.6 is 0 Å². The van der Waals surface area contributed by atoms with Gasteiger partial charge in [-0.15, -0.1) is 0 Å². The Kier molecular flexibility index (Phi) is 7.27. The fourth-order valence-electron chi connectivity index (χ4n) is 4.87. The summed E-state index contributed by atoms with van der Waals surface area (Å²) in [5, 5.41) is 0. The lowest BCUT2D eigenvalue weighted by molar-refractivity contribution is 0.480. The number of hydrogen-bond donors (Lipinski definition) is 2. The van der Waals surface area contributed by atoms with Crippen molar-refractivity contribution in [2.24, 2.45) is 0 Å². The molecule has 40 heavy (non-hydrogen) atoms. The van der Waals surface area contributed by atoms with E-state index in [9.17, 15) is 0 Å². The van der Waals surface area contributed by atoms with Crippen molar-refractivity contribution in [1.82, 2.24) is 0 Å². The molecule has 0 aromatic heterocycles. The summed E-state index contributed by atoms with van der Waals surface area (Å²) >= 11 is 0. The van der Waals surface area contributed by atoms with Crippen LogP contribution in [0.2, 0.25) is 0 Å². The second-order valence-electron chi connectivity index (χ2n) is 11.2. The Morgan fingerprint density at radius 3 is 1.10 bits per heavy atom. The molecule has 0 fully saturated rings. The maximum Gasteiger partial charge on any atom is 0.127 e. The predicted octanol–water partition coefficient (Wildman–Crippen LogP) is 9.09. The Morgan fingerprint density at radius 2 is 0.725 bits per heavy atom. The van der Waals surface area contributed by atoms with Crippen molar-refractivity contribution in [2.75, 3.05) is 11.5 Å². The van der Waals surface area contributed by atoms with Gasteiger partial charge in [0, 0.05) is 22.2 Å². The van der Waals surface area contributed by atoms with Gasteiger partial charge in [0.2, 0.25) is 0 Å². The Bertz CT molecular complexity index is 1490. The van der Waals surface area contributed by atoms with Crippen LogP contribution in [0.1, 0.15) is 49.9 Å². The highest BCUT2D eigenvalue weighted by molar-refractivity contribution is 5.49. The molecule has 0 bridgehead atoms. The molecule has 5 aromatic rings. The zero-order valence-corrected chi connectivity index (χ0v) is 23.5. The van der Waals surface area contributed by atoms with Crippen LogP contribution in [0, 0.1) is 0 Å². The molecule has 0 saturated heterocycles. The van der Waals surface area contributed by atoms with Crippen LogP contribution < -0.4 is 20.9 Å². The average Bonchev–Trinajstić information content (AvgIpc) is 2.96. The maximum atomic E-state index is 6.13. The summed E-state index contributed by atoms with van der Waals surface area (Å²) in [4.78, 5) is 0. The van der Waals surface area contributed by atoms with Crippen molar-refractivity contribution in [3.8, 4) is 23.0 Å². The fourth-order valence-corrected chi connectivity index (χ4v) is 4.87. The van der Waals surface area contributed by atoms with E-state index in [4.69, 9.17) is 20.9 Å². The van der Waals surface area contributed by atoms with E-state index in [0.717, 1.165) is 23.0 Å². The molecular weight excluding hydrogens is 492 g/mol. The molecular formula is C36H36N2O2. The van der Waals surface area contributed by atoms with Crippen LogP contribution in [0.3, 0.4) is 0 Å². The van der Waals surface area contributed by atoms with Crippen molar-refractivity contribution in [3.05, 3.63) is 144 Å². The van der Waals surface area contributed by atoms with Crippen LogP contribution in [0.5, 0.6) is 23.0 Å². The Labute approximate surface area is 237 Å². The molecule has 0 aliphatic carbocycles. The first-order valence-electron chi connectivity index (χ1n) is 13.5. The van der Waals surface area contributed by atoms with Gasteiger partial charge in [0.25, 0.3) is 0 Å². The van der Waals surface area contributed by atoms with Gasteiger partial charge in [0.05, 0.1) is 0 Å². The standard InChI is InChI=1S/C36H36N2O2/c1-35(2,27-10-6-12-33(23-27)39-31-18-14-29(37)15-19-31)25-8-5-9-26(22-25)36(3,4)28-11-7-13-34(24-28)40-32-20-16-30(38)17-21-32/h5-24H,37-38H2,1-4H3. The maximum absolute atomic E-state index is 6.13. The lowest BCUT2D eigenvalue weighted by atomic mass is 9.73. The van der Waals surface area contributed by atoms with Crippen molar-refractivity contribution < 1.29 is 9.47 Å². The number of nitrogen functional groups attached to an aromatic ring is 2. The topological polar surface area (TPSA) is 70.5 Å². The van der Waals surface area contributed by atoms with Gasteiger partial charge in [-0.05, 0) is 95.1 Å². The van der Waals surface area contributed by atoms with Crippen molar-refractivity contribution >= 4 is 11.4 Å². The first-order valence-corrected chi connectivity index (χ1v) is 13.5. The molecule has 0 aliphatic heterocycles. The van der Waals surface area contributed by atoms with Crippen LogP contribution in [0.4, 0.5) is 11.4 Å². The van der Waals surface area contributed by atoms with Crippen LogP contribution in [-0.2, 0) is 10.8 Å². The third-order valence-electron chi connectivity index (χ3n) is 7.65. The summed E-state index contributed by atoms with van der Waals surface area (Å²) in [6.45, 7) is 9.01. The number of hydrogen-bond acceptors (Lipinski definition) is 4. The van der Waals surface area contributed by atoms with E-state index in [1.807, 2.05) is 72.8 Å². The summed E-state index contributed by atoms with van der Waals surface area (Å²) in [5.41, 5.74) is 17.4. The zero-order chi connectivity index (χ0) is 28.3. The molecule has 0 unspecified atom stereocenters. The minimum absolute atomic E-state index is 0.243. The number of rotatable bonds is 8. The van der Waals surface area contributed by atoms with Gasteiger partial charge in [-0.25, -0.2) is 0 Å². The summed E-state index contributed by atoms with van der Waals surface area (Å²) in [6.07, 6.45) is 0. The molecule has 5 rings (SSSR count). The summed E-state index contributed by atoms with van der Waals surface area (Å²) in [6, 6.07) is 40.4. The highest BCUT2D eigenvalue weighted by Crippen LogP contribution is 2.39. The monoisotopic (exact) mass is 528 g/mol. The molecule has 4 N–H and O–H groups in total. The molecule has 0 radical (unpaired) electrons. The van der Waals surface area contributed by atoms with Crippen LogP contribution in [0.25, 0.3) is 0 Å². The molecule has 0 heterocycles. The second kappa shape index (κ2) is 10.8. The van der Waals surface area contributed by atoms with E-state index in [2.05, 4.69) is 76.2 Å². The van der Waals surface area contributed by atoms with E-state index >= 15 is 0 Å². The third-order valence-corrected chi connectivity index (χ3v) is 7.65. The van der Waals surface area contributed by atoms with Crippen molar-refractivity contribution in [2.45, 2.75) is 38.5 Å². The van der Waals surface area contributed by atoms with Gasteiger partial charge in [0.1, 0.15) is 23.0 Å². The third kappa shape index (κ3) is 5.81. The Balaban J connectivity index is 1.41. The summed E-state index contributed by atoms with van der Waals surface area (Å²) < 4.78 is 12.3. The molecule has 0 saturated carbocycles. The molecule has 0 spiro atoms. The number of benzene rings is 5. The lowest BCUT2D eigenvalue weighted by Gasteiger charge is -2.31. The highest BCUT2D eigenvalue weighted by Gasteiger charge is 2.28. The minimum atomic E-state index is -0.243. The van der Waals surface area contributed by atoms with Gasteiger partial charge in [0.15, 0.2) is 0 Å². The predicted molar refractivity (Wildman–Crippen MR) is 165 cm³/mol. The van der Waals surface area contributed by atoms with E-state index in [1.54, 1.807) is 0 Å². The minimum Gasteiger partial charge on any atom is -0.457 e. The SMILES string of the molecule is CC(C)(c1cccc(Oc2ccc(N)cc2)c1)c1cccc(C(C)(C)c2cccc(Oc3ccc(N)cc3)c2)c1. The zero-order valence-electron chi connectivity index (χ0n) is 23.5. The second-order valence-corrected chi connectivity index (χ2v) is 11.2. The Morgan fingerprint density at radius 1 is 0.400 bits per heavy atom. The molecule has 0 aliphatic rings. The normalized spacial score (nSPS) is 11.7. The quantitative estimate of drug-likeness (QED) is 0.197. The summed E-state index contributed by atoms with van der Waals surface area (Å²) in [5.74, 6) is 3.11. The first-order chi connectivity index (χ1) is 19.1. The summed E-state index contributed by atoms with van der Waals surface area (Å²) in [7, 11) is 0. The largest absolute Gasteiger partial charge is 0.457 e. The Hall–Kier alpha value is -4.70. The molecule has 0 atom stereocenters. The van der Waals surface area contributed by atoms with E-state index in [0.29, 0.717) is 11.4 Å². The number of nitrogens with two attached hydrogens (primary N) is 2. The first kappa shape index (κ1) is 26.9. The van der Waals surface area contributed by atoms with Crippen molar-refractivity contribution in [1.29, 1.82) is 0 Å². The van der Waals surface area contributed by atoms with Crippen LogP contribution in [0.15, 0.2) is 121 Å². The van der Waals surface area contributed by atoms with Gasteiger partial charge in [-0.2, -0.15) is 0 Å².